The van der Waals surface area contributed by atoms with E-state index in [1.165, 1.54) is 11.1 Å². The van der Waals surface area contributed by atoms with Crippen molar-refractivity contribution in [1.82, 2.24) is 0 Å². The molecule has 2 rings (SSSR count). The molecule has 14 heavy (non-hydrogen) atoms. The van der Waals surface area contributed by atoms with Gasteiger partial charge in [-0.25, -0.2) is 0 Å². The number of fused-ring (bicyclic) bond motifs is 1. The lowest BCUT2D eigenvalue weighted by Gasteiger charge is -2.26. The molecule has 76 valence electrons. The molecule has 1 aromatic carbocycles. The van der Waals surface area contributed by atoms with Gasteiger partial charge in [-0.2, -0.15) is 0 Å². The summed E-state index contributed by atoms with van der Waals surface area (Å²) in [4.78, 5) is 0. The largest absolute Gasteiger partial charge is 0.464 e. The van der Waals surface area contributed by atoms with Crippen LogP contribution in [-0.2, 0) is 11.2 Å². The van der Waals surface area contributed by atoms with Crippen molar-refractivity contribution < 1.29 is 9.47 Å². The Labute approximate surface area is 84.8 Å². The third kappa shape index (κ3) is 1.75. The van der Waals surface area contributed by atoms with Crippen LogP contribution in [-0.4, -0.2) is 12.9 Å². The Morgan fingerprint density at radius 1 is 1.50 bits per heavy atom. The average molecular weight is 192 g/mol. The summed E-state index contributed by atoms with van der Waals surface area (Å²) in [5.74, 6) is 1.03. The predicted octanol–water partition coefficient (Wildman–Crippen LogP) is 2.68. The van der Waals surface area contributed by atoms with Gasteiger partial charge in [-0.1, -0.05) is 18.2 Å². The Kier molecular flexibility index (Phi) is 2.73. The Morgan fingerprint density at radius 2 is 2.36 bits per heavy atom. The highest BCUT2D eigenvalue weighted by Crippen LogP contribution is 2.30. The van der Waals surface area contributed by atoms with Crippen molar-refractivity contribution in [3.63, 3.8) is 0 Å². The van der Waals surface area contributed by atoms with Crippen molar-refractivity contribution in [2.75, 3.05) is 6.61 Å². The van der Waals surface area contributed by atoms with Crippen LogP contribution in [0.15, 0.2) is 18.2 Å². The van der Waals surface area contributed by atoms with Crippen LogP contribution in [0.1, 0.15) is 24.5 Å². The van der Waals surface area contributed by atoms with E-state index in [0.717, 1.165) is 18.6 Å². The van der Waals surface area contributed by atoms with E-state index in [2.05, 4.69) is 25.1 Å². The molecular weight excluding hydrogens is 176 g/mol. The zero-order chi connectivity index (χ0) is 9.97. The van der Waals surface area contributed by atoms with Gasteiger partial charge in [0.15, 0.2) is 6.29 Å². The summed E-state index contributed by atoms with van der Waals surface area (Å²) >= 11 is 0. The topological polar surface area (TPSA) is 18.5 Å². The number of hydrogen-bond acceptors (Lipinski definition) is 2. The fourth-order valence-electron chi connectivity index (χ4n) is 1.85. The van der Waals surface area contributed by atoms with Crippen molar-refractivity contribution in [2.45, 2.75) is 33.0 Å². The van der Waals surface area contributed by atoms with Crippen LogP contribution < -0.4 is 4.74 Å². The van der Waals surface area contributed by atoms with E-state index in [-0.39, 0.29) is 6.29 Å². The van der Waals surface area contributed by atoms with E-state index in [1.54, 1.807) is 0 Å². The summed E-state index contributed by atoms with van der Waals surface area (Å²) in [6, 6.07) is 6.29. The Bertz CT molecular complexity index is 320. The lowest BCUT2D eigenvalue weighted by molar-refractivity contribution is -0.0864. The van der Waals surface area contributed by atoms with Crippen LogP contribution in [0.5, 0.6) is 5.75 Å². The van der Waals surface area contributed by atoms with Crippen molar-refractivity contribution in [2.24, 2.45) is 0 Å². The molecule has 0 aromatic heterocycles. The van der Waals surface area contributed by atoms with Gasteiger partial charge in [0.25, 0.3) is 0 Å². The standard InChI is InChI=1S/C12H16O2/c1-3-13-11-8-7-10-6-4-5-9(2)12(10)14-11/h4-6,11H,3,7-8H2,1-2H3. The first-order valence-electron chi connectivity index (χ1n) is 5.18. The zero-order valence-electron chi connectivity index (χ0n) is 8.75. The molecule has 0 fully saturated rings. The smallest absolute Gasteiger partial charge is 0.200 e. The molecule has 0 N–H and O–H groups in total. The molecular formula is C12H16O2. The van der Waals surface area contributed by atoms with E-state index < -0.39 is 0 Å². The molecule has 1 heterocycles. The number of benzene rings is 1. The lowest BCUT2D eigenvalue weighted by atomic mass is 10.0. The van der Waals surface area contributed by atoms with Gasteiger partial charge >= 0.3 is 0 Å². The van der Waals surface area contributed by atoms with Crippen LogP contribution >= 0.6 is 0 Å². The second-order valence-electron chi connectivity index (χ2n) is 3.60. The number of hydrogen-bond donors (Lipinski definition) is 0. The number of ether oxygens (including phenoxy) is 2. The SMILES string of the molecule is CCOC1CCc2cccc(C)c2O1. The molecule has 1 aliphatic rings. The summed E-state index contributed by atoms with van der Waals surface area (Å²) in [5.41, 5.74) is 2.51. The van der Waals surface area contributed by atoms with E-state index in [4.69, 9.17) is 9.47 Å². The van der Waals surface area contributed by atoms with Gasteiger partial charge in [0.05, 0.1) is 0 Å². The first-order valence-corrected chi connectivity index (χ1v) is 5.18. The van der Waals surface area contributed by atoms with Crippen LogP contribution in [0.25, 0.3) is 0 Å². The van der Waals surface area contributed by atoms with Gasteiger partial charge < -0.3 is 9.47 Å². The first kappa shape index (κ1) is 9.53. The Morgan fingerprint density at radius 3 is 3.14 bits per heavy atom. The second-order valence-corrected chi connectivity index (χ2v) is 3.60. The summed E-state index contributed by atoms with van der Waals surface area (Å²) in [6.45, 7) is 4.79. The molecule has 0 amide bonds. The van der Waals surface area contributed by atoms with Crippen LogP contribution in [0.4, 0.5) is 0 Å². The molecule has 1 unspecified atom stereocenters. The van der Waals surface area contributed by atoms with Crippen molar-refractivity contribution >= 4 is 0 Å². The van der Waals surface area contributed by atoms with Crippen molar-refractivity contribution in [3.05, 3.63) is 29.3 Å². The van der Waals surface area contributed by atoms with Crippen LogP contribution in [0.3, 0.4) is 0 Å². The maximum absolute atomic E-state index is 5.78. The first-order chi connectivity index (χ1) is 6.81. The summed E-state index contributed by atoms with van der Waals surface area (Å²) in [6.07, 6.45) is 1.97. The van der Waals surface area contributed by atoms with Gasteiger partial charge in [-0.15, -0.1) is 0 Å². The normalized spacial score (nSPS) is 20.0. The summed E-state index contributed by atoms with van der Waals surface area (Å²) in [7, 11) is 0. The molecule has 0 saturated heterocycles. The molecule has 0 spiro atoms. The predicted molar refractivity (Wildman–Crippen MR) is 55.5 cm³/mol. The van der Waals surface area contributed by atoms with E-state index >= 15 is 0 Å². The van der Waals surface area contributed by atoms with Gasteiger partial charge in [-0.05, 0) is 31.4 Å². The number of rotatable bonds is 2. The molecule has 0 bridgehead atoms. The maximum Gasteiger partial charge on any atom is 0.200 e. The number of para-hydroxylation sites is 1. The molecule has 1 aliphatic heterocycles. The Hall–Kier alpha value is -1.02. The molecule has 1 aromatic rings. The van der Waals surface area contributed by atoms with Gasteiger partial charge in [0.1, 0.15) is 5.75 Å². The fraction of sp³-hybridized carbons (Fsp3) is 0.500. The lowest BCUT2D eigenvalue weighted by Crippen LogP contribution is -2.26. The van der Waals surface area contributed by atoms with E-state index in [9.17, 15) is 0 Å². The molecule has 2 heteroatoms. The third-order valence-corrected chi connectivity index (χ3v) is 2.54. The van der Waals surface area contributed by atoms with Gasteiger partial charge in [0, 0.05) is 13.0 Å². The van der Waals surface area contributed by atoms with Crippen molar-refractivity contribution in [1.29, 1.82) is 0 Å². The van der Waals surface area contributed by atoms with Crippen molar-refractivity contribution in [3.8, 4) is 5.75 Å². The second kappa shape index (κ2) is 4.01. The highest BCUT2D eigenvalue weighted by molar-refractivity contribution is 5.41. The summed E-state index contributed by atoms with van der Waals surface area (Å²) in [5, 5.41) is 0. The van der Waals surface area contributed by atoms with Gasteiger partial charge in [0.2, 0.25) is 0 Å². The van der Waals surface area contributed by atoms with Crippen LogP contribution in [0, 0.1) is 6.92 Å². The quantitative estimate of drug-likeness (QED) is 0.717. The monoisotopic (exact) mass is 192 g/mol. The number of aryl methyl sites for hydroxylation is 2. The molecule has 0 aliphatic carbocycles. The molecule has 0 radical (unpaired) electrons. The fourth-order valence-corrected chi connectivity index (χ4v) is 1.85. The summed E-state index contributed by atoms with van der Waals surface area (Å²) < 4.78 is 11.3. The molecule has 1 atom stereocenters. The highest BCUT2D eigenvalue weighted by Gasteiger charge is 2.20. The molecule has 2 nitrogen and oxygen atoms in total. The zero-order valence-corrected chi connectivity index (χ0v) is 8.75. The highest BCUT2D eigenvalue weighted by atomic mass is 16.7. The minimum Gasteiger partial charge on any atom is -0.464 e. The third-order valence-electron chi connectivity index (χ3n) is 2.54. The average Bonchev–Trinajstić information content (AvgIpc) is 2.20. The minimum absolute atomic E-state index is 0.0476. The van der Waals surface area contributed by atoms with E-state index in [1.807, 2.05) is 6.92 Å². The van der Waals surface area contributed by atoms with Crippen LogP contribution in [0.2, 0.25) is 0 Å². The maximum atomic E-state index is 5.78. The molecule has 0 saturated carbocycles. The van der Waals surface area contributed by atoms with E-state index in [0.29, 0.717) is 6.61 Å². The minimum atomic E-state index is -0.0476. The van der Waals surface area contributed by atoms with Gasteiger partial charge in [-0.3, -0.25) is 0 Å². The Balaban J connectivity index is 2.20.